The number of thioether (sulfide) groups is 1. The van der Waals surface area contributed by atoms with Crippen molar-refractivity contribution in [2.75, 3.05) is 25.4 Å². The molecule has 31 heavy (non-hydrogen) atoms. The number of hydrogen-bond donors (Lipinski definition) is 1. The fourth-order valence-corrected chi connectivity index (χ4v) is 5.49. The van der Waals surface area contributed by atoms with E-state index in [1.54, 1.807) is 17.8 Å². The van der Waals surface area contributed by atoms with E-state index in [9.17, 15) is 13.2 Å². The molecule has 1 aliphatic rings. The molecule has 166 valence electrons. The van der Waals surface area contributed by atoms with Gasteiger partial charge >= 0.3 is 0 Å². The third-order valence-electron chi connectivity index (χ3n) is 5.35. The Kier molecular flexibility index (Phi) is 8.75. The van der Waals surface area contributed by atoms with Gasteiger partial charge in [-0.05, 0) is 37.0 Å². The second-order valence-corrected chi connectivity index (χ2v) is 10.7. The molecule has 0 bridgehead atoms. The second kappa shape index (κ2) is 11.5. The maximum absolute atomic E-state index is 12.6. The predicted molar refractivity (Wildman–Crippen MR) is 129 cm³/mol. The summed E-state index contributed by atoms with van der Waals surface area (Å²) < 4.78 is 26.6. The number of piperidine rings is 1. The number of amides is 1. The van der Waals surface area contributed by atoms with Crippen molar-refractivity contribution in [3.63, 3.8) is 0 Å². The van der Waals surface area contributed by atoms with Crippen LogP contribution in [-0.4, -0.2) is 44.0 Å². The highest BCUT2D eigenvalue weighted by molar-refractivity contribution is 7.98. The van der Waals surface area contributed by atoms with Crippen molar-refractivity contribution < 1.29 is 13.2 Å². The Morgan fingerprint density at radius 1 is 1.10 bits per heavy atom. The van der Waals surface area contributed by atoms with Gasteiger partial charge in [0.2, 0.25) is 15.9 Å². The number of sulfonamides is 1. The molecule has 0 spiro atoms. The average molecular weight is 459 g/mol. The van der Waals surface area contributed by atoms with Gasteiger partial charge in [-0.15, -0.1) is 0 Å². The summed E-state index contributed by atoms with van der Waals surface area (Å²) in [7, 11) is -3.47. The Morgan fingerprint density at radius 2 is 1.77 bits per heavy atom. The maximum Gasteiger partial charge on any atom is 0.236 e. The maximum atomic E-state index is 12.6. The number of rotatable bonds is 9. The predicted octanol–water partition coefficient (Wildman–Crippen LogP) is 4.06. The standard InChI is InChI=1S/C24H30N2O3S2/c1-20-7-9-22(10-8-20)19-30-17-14-25-24(27)23-11-15-26(16-12-23)31(28,29)18-13-21-5-3-2-4-6-21/h2-10,13,18,23H,11-12,14-17,19H2,1H3,(H,25,27)/b18-13+. The third kappa shape index (κ3) is 7.52. The van der Waals surface area contributed by atoms with Crippen molar-refractivity contribution in [1.82, 2.24) is 9.62 Å². The Morgan fingerprint density at radius 3 is 2.45 bits per heavy atom. The lowest BCUT2D eigenvalue weighted by Gasteiger charge is -2.29. The number of nitrogens with zero attached hydrogens (tertiary/aromatic N) is 1. The molecule has 1 heterocycles. The van der Waals surface area contributed by atoms with Crippen LogP contribution in [-0.2, 0) is 20.6 Å². The molecule has 1 aliphatic heterocycles. The zero-order valence-corrected chi connectivity index (χ0v) is 19.5. The third-order valence-corrected chi connectivity index (χ3v) is 7.95. The van der Waals surface area contributed by atoms with Crippen molar-refractivity contribution in [2.24, 2.45) is 5.92 Å². The highest BCUT2D eigenvalue weighted by atomic mass is 32.2. The minimum Gasteiger partial charge on any atom is -0.355 e. The largest absolute Gasteiger partial charge is 0.355 e. The molecule has 1 amide bonds. The van der Waals surface area contributed by atoms with Gasteiger partial charge in [0.05, 0.1) is 0 Å². The summed E-state index contributed by atoms with van der Waals surface area (Å²) in [5, 5.41) is 4.26. The zero-order chi connectivity index (χ0) is 22.1. The zero-order valence-electron chi connectivity index (χ0n) is 17.9. The highest BCUT2D eigenvalue weighted by Crippen LogP contribution is 2.21. The normalized spacial score (nSPS) is 15.9. The Hall–Kier alpha value is -2.09. The first kappa shape index (κ1) is 23.6. The summed E-state index contributed by atoms with van der Waals surface area (Å²) in [6.07, 6.45) is 2.73. The van der Waals surface area contributed by atoms with Crippen molar-refractivity contribution in [1.29, 1.82) is 0 Å². The smallest absolute Gasteiger partial charge is 0.236 e. The summed E-state index contributed by atoms with van der Waals surface area (Å²) >= 11 is 1.80. The molecule has 1 N–H and O–H groups in total. The van der Waals surface area contributed by atoms with Crippen LogP contribution in [0.15, 0.2) is 60.0 Å². The van der Waals surface area contributed by atoms with Gasteiger partial charge in [0.25, 0.3) is 0 Å². The van der Waals surface area contributed by atoms with Gasteiger partial charge < -0.3 is 5.32 Å². The van der Waals surface area contributed by atoms with Crippen LogP contribution in [0.2, 0.25) is 0 Å². The minimum absolute atomic E-state index is 0.0350. The summed E-state index contributed by atoms with van der Waals surface area (Å²) in [6.45, 7) is 3.46. The van der Waals surface area contributed by atoms with Gasteiger partial charge in [0.1, 0.15) is 0 Å². The van der Waals surface area contributed by atoms with Crippen LogP contribution in [0.4, 0.5) is 0 Å². The first-order valence-corrected chi connectivity index (χ1v) is 13.2. The van der Waals surface area contributed by atoms with E-state index in [2.05, 4.69) is 36.5 Å². The van der Waals surface area contributed by atoms with Crippen LogP contribution in [0.1, 0.15) is 29.5 Å². The summed E-state index contributed by atoms with van der Waals surface area (Å²) in [5.41, 5.74) is 3.39. The molecule has 0 radical (unpaired) electrons. The van der Waals surface area contributed by atoms with E-state index >= 15 is 0 Å². The lowest BCUT2D eigenvalue weighted by molar-refractivity contribution is -0.125. The van der Waals surface area contributed by atoms with Crippen molar-refractivity contribution in [3.8, 4) is 0 Å². The number of benzene rings is 2. The van der Waals surface area contributed by atoms with Gasteiger partial charge in [-0.25, -0.2) is 8.42 Å². The Balaban J connectivity index is 1.36. The van der Waals surface area contributed by atoms with Gasteiger partial charge in [0, 0.05) is 42.5 Å². The molecule has 2 aromatic carbocycles. The SMILES string of the molecule is Cc1ccc(CSCCNC(=O)C2CCN(S(=O)(=O)/C=C/c3ccccc3)CC2)cc1. The van der Waals surface area contributed by atoms with Gasteiger partial charge in [0.15, 0.2) is 0 Å². The summed E-state index contributed by atoms with van der Waals surface area (Å²) in [6, 6.07) is 17.9. The van der Waals surface area contributed by atoms with E-state index in [4.69, 9.17) is 0 Å². The molecule has 0 aromatic heterocycles. The monoisotopic (exact) mass is 458 g/mol. The van der Waals surface area contributed by atoms with Crippen molar-refractivity contribution in [2.45, 2.75) is 25.5 Å². The molecule has 0 saturated carbocycles. The quantitative estimate of drug-likeness (QED) is 0.576. The first-order valence-electron chi connectivity index (χ1n) is 10.6. The topological polar surface area (TPSA) is 66.5 Å². The van der Waals surface area contributed by atoms with Crippen molar-refractivity contribution in [3.05, 3.63) is 76.7 Å². The summed E-state index contributed by atoms with van der Waals surface area (Å²) in [5.74, 6) is 1.71. The van der Waals surface area contributed by atoms with Crippen LogP contribution in [0.25, 0.3) is 6.08 Å². The number of hydrogen-bond acceptors (Lipinski definition) is 4. The Labute approximate surface area is 190 Å². The lowest BCUT2D eigenvalue weighted by Crippen LogP contribution is -2.42. The highest BCUT2D eigenvalue weighted by Gasteiger charge is 2.29. The molecule has 3 rings (SSSR count). The molecule has 0 aliphatic carbocycles. The molecular formula is C24H30N2O3S2. The first-order chi connectivity index (χ1) is 14.9. The number of carbonyl (C=O) groups excluding carboxylic acids is 1. The van der Waals surface area contributed by atoms with Crippen LogP contribution < -0.4 is 5.32 Å². The molecule has 1 saturated heterocycles. The molecule has 7 heteroatoms. The number of aryl methyl sites for hydroxylation is 1. The lowest BCUT2D eigenvalue weighted by atomic mass is 9.97. The van der Waals surface area contributed by atoms with Crippen molar-refractivity contribution >= 4 is 33.8 Å². The van der Waals surface area contributed by atoms with Crippen LogP contribution in [0.5, 0.6) is 0 Å². The number of nitrogens with one attached hydrogen (secondary N) is 1. The van der Waals surface area contributed by atoms with E-state index in [-0.39, 0.29) is 11.8 Å². The van der Waals surface area contributed by atoms with Crippen LogP contribution in [0.3, 0.4) is 0 Å². The van der Waals surface area contributed by atoms with Crippen LogP contribution >= 0.6 is 11.8 Å². The molecule has 1 fully saturated rings. The second-order valence-electron chi connectivity index (χ2n) is 7.76. The summed E-state index contributed by atoms with van der Waals surface area (Å²) in [4.78, 5) is 12.4. The molecule has 0 unspecified atom stereocenters. The minimum atomic E-state index is -3.47. The number of carbonyl (C=O) groups is 1. The van der Waals surface area contributed by atoms with E-state index < -0.39 is 10.0 Å². The van der Waals surface area contributed by atoms with Gasteiger partial charge in [-0.1, -0.05) is 60.2 Å². The van der Waals surface area contributed by atoms with E-state index in [1.807, 2.05) is 30.3 Å². The fourth-order valence-electron chi connectivity index (χ4n) is 3.45. The van der Waals surface area contributed by atoms with E-state index in [0.717, 1.165) is 17.1 Å². The van der Waals surface area contributed by atoms with Crippen LogP contribution in [0, 0.1) is 12.8 Å². The van der Waals surface area contributed by atoms with E-state index in [1.165, 1.54) is 20.8 Å². The molecular weight excluding hydrogens is 428 g/mol. The molecule has 5 nitrogen and oxygen atoms in total. The fraction of sp³-hybridized carbons (Fsp3) is 0.375. The van der Waals surface area contributed by atoms with Gasteiger partial charge in [-0.2, -0.15) is 16.1 Å². The Bertz CT molecular complexity index is 966. The average Bonchev–Trinajstić information content (AvgIpc) is 2.79. The molecule has 2 aromatic rings. The van der Waals surface area contributed by atoms with Gasteiger partial charge in [-0.3, -0.25) is 4.79 Å². The molecule has 0 atom stereocenters. The van der Waals surface area contributed by atoms with E-state index in [0.29, 0.717) is 32.5 Å².